The minimum Gasteiger partial charge on any atom is -0.300 e. The van der Waals surface area contributed by atoms with Crippen molar-refractivity contribution in [2.45, 2.75) is 13.3 Å². The molecule has 0 amide bonds. The van der Waals surface area contributed by atoms with Gasteiger partial charge in [0.2, 0.25) is 0 Å². The van der Waals surface area contributed by atoms with Gasteiger partial charge in [-0.05, 0) is 13.0 Å². The summed E-state index contributed by atoms with van der Waals surface area (Å²) in [5, 5.41) is 0.691. The molecule has 0 radical (unpaired) electrons. The van der Waals surface area contributed by atoms with Gasteiger partial charge in [0.15, 0.2) is 5.78 Å². The highest BCUT2D eigenvalue weighted by atomic mass is 16.1. The molecule has 0 N–H and O–H groups in total. The highest BCUT2D eigenvalue weighted by Gasteiger charge is 2.13. The van der Waals surface area contributed by atoms with Gasteiger partial charge in [0.1, 0.15) is 17.8 Å². The van der Waals surface area contributed by atoms with Crippen LogP contribution in [0.25, 0.3) is 10.9 Å². The summed E-state index contributed by atoms with van der Waals surface area (Å²) < 4.78 is 0. The quantitative estimate of drug-likeness (QED) is 0.577. The maximum atomic E-state index is 11.8. The van der Waals surface area contributed by atoms with E-state index in [2.05, 4.69) is 9.97 Å². The summed E-state index contributed by atoms with van der Waals surface area (Å²) >= 11 is 0. The lowest BCUT2D eigenvalue weighted by atomic mass is 10.1. The van der Waals surface area contributed by atoms with Crippen LogP contribution < -0.4 is 0 Å². The third-order valence-corrected chi connectivity index (χ3v) is 2.22. The first kappa shape index (κ1) is 10.4. The normalized spacial score (nSPS) is 10.3. The van der Waals surface area contributed by atoms with E-state index < -0.39 is 0 Å². The number of para-hydroxylation sites is 1. The van der Waals surface area contributed by atoms with Gasteiger partial charge in [0, 0.05) is 5.39 Å². The number of carbonyl (C=O) groups excluding carboxylic acids is 2. The predicted octanol–water partition coefficient (Wildman–Crippen LogP) is 1.79. The molecule has 2 aromatic rings. The second-order valence-corrected chi connectivity index (χ2v) is 3.54. The van der Waals surface area contributed by atoms with Crippen molar-refractivity contribution in [3.63, 3.8) is 0 Å². The molecule has 0 unspecified atom stereocenters. The van der Waals surface area contributed by atoms with Crippen LogP contribution in [-0.4, -0.2) is 21.5 Å². The van der Waals surface area contributed by atoms with Crippen molar-refractivity contribution in [2.75, 3.05) is 0 Å². The maximum absolute atomic E-state index is 11.8. The Bertz CT molecular complexity index is 558. The van der Waals surface area contributed by atoms with Gasteiger partial charge < -0.3 is 0 Å². The number of aromatic nitrogens is 2. The van der Waals surface area contributed by atoms with Crippen molar-refractivity contribution in [1.29, 1.82) is 0 Å². The van der Waals surface area contributed by atoms with E-state index in [1.807, 2.05) is 18.2 Å². The van der Waals surface area contributed by atoms with Gasteiger partial charge >= 0.3 is 0 Å². The second kappa shape index (κ2) is 4.18. The summed E-state index contributed by atoms with van der Waals surface area (Å²) in [6.07, 6.45) is 1.23. The number of rotatable bonds is 3. The number of ketones is 2. The van der Waals surface area contributed by atoms with Crippen molar-refractivity contribution >= 4 is 22.5 Å². The molecule has 0 aliphatic rings. The van der Waals surface area contributed by atoms with Gasteiger partial charge in [0.05, 0.1) is 11.9 Å². The SMILES string of the molecule is CC(=O)CC(=O)c1ncnc2ccccc12. The Labute approximate surface area is 92.3 Å². The van der Waals surface area contributed by atoms with E-state index in [0.29, 0.717) is 16.6 Å². The molecule has 0 saturated heterocycles. The topological polar surface area (TPSA) is 59.9 Å². The van der Waals surface area contributed by atoms with Crippen LogP contribution in [0.4, 0.5) is 0 Å². The van der Waals surface area contributed by atoms with Gasteiger partial charge in [-0.25, -0.2) is 9.97 Å². The zero-order valence-corrected chi connectivity index (χ0v) is 8.80. The number of nitrogens with zero attached hydrogens (tertiary/aromatic N) is 2. The number of fused-ring (bicyclic) bond motifs is 1. The third-order valence-electron chi connectivity index (χ3n) is 2.22. The minimum atomic E-state index is -0.258. The van der Waals surface area contributed by atoms with Crippen molar-refractivity contribution < 1.29 is 9.59 Å². The monoisotopic (exact) mass is 214 g/mol. The zero-order chi connectivity index (χ0) is 11.5. The summed E-state index contributed by atoms with van der Waals surface area (Å²) in [5.74, 6) is -0.418. The van der Waals surface area contributed by atoms with Crippen molar-refractivity contribution in [1.82, 2.24) is 9.97 Å². The van der Waals surface area contributed by atoms with Gasteiger partial charge in [-0.15, -0.1) is 0 Å². The van der Waals surface area contributed by atoms with Crippen LogP contribution in [-0.2, 0) is 4.79 Å². The molecule has 4 nitrogen and oxygen atoms in total. The Morgan fingerprint density at radius 3 is 2.69 bits per heavy atom. The summed E-state index contributed by atoms with van der Waals surface area (Å²) in [6, 6.07) is 7.25. The standard InChI is InChI=1S/C12H10N2O2/c1-8(15)6-11(16)12-9-4-2-3-5-10(9)13-7-14-12/h2-5,7H,6H2,1H3. The lowest BCUT2D eigenvalue weighted by Crippen LogP contribution is -2.08. The third kappa shape index (κ3) is 1.95. The molecular formula is C12H10N2O2. The Balaban J connectivity index is 2.52. The van der Waals surface area contributed by atoms with Crippen LogP contribution in [0.2, 0.25) is 0 Å². The highest BCUT2D eigenvalue weighted by molar-refractivity contribution is 6.12. The molecule has 0 aliphatic heterocycles. The molecule has 1 aromatic heterocycles. The fraction of sp³-hybridized carbons (Fsp3) is 0.167. The Morgan fingerprint density at radius 2 is 1.94 bits per heavy atom. The van der Waals surface area contributed by atoms with Crippen molar-refractivity contribution in [2.24, 2.45) is 0 Å². The molecule has 16 heavy (non-hydrogen) atoms. The average molecular weight is 214 g/mol. The van der Waals surface area contributed by atoms with E-state index >= 15 is 0 Å². The van der Waals surface area contributed by atoms with E-state index in [1.165, 1.54) is 13.3 Å². The Morgan fingerprint density at radius 1 is 1.19 bits per heavy atom. The Hall–Kier alpha value is -2.10. The summed E-state index contributed by atoms with van der Waals surface area (Å²) in [7, 11) is 0. The summed E-state index contributed by atoms with van der Waals surface area (Å²) in [5.41, 5.74) is 1.03. The number of hydrogen-bond acceptors (Lipinski definition) is 4. The number of Topliss-reactive ketones (excluding diaryl/α,β-unsaturated/α-hetero) is 2. The summed E-state index contributed by atoms with van der Waals surface area (Å²) in [6.45, 7) is 1.39. The maximum Gasteiger partial charge on any atom is 0.189 e. The van der Waals surface area contributed by atoms with E-state index in [9.17, 15) is 9.59 Å². The van der Waals surface area contributed by atoms with Gasteiger partial charge in [-0.1, -0.05) is 18.2 Å². The van der Waals surface area contributed by atoms with Gasteiger partial charge in [-0.3, -0.25) is 9.59 Å². The molecular weight excluding hydrogens is 204 g/mol. The first-order valence-electron chi connectivity index (χ1n) is 4.91. The van der Waals surface area contributed by atoms with E-state index in [-0.39, 0.29) is 18.0 Å². The van der Waals surface area contributed by atoms with Crippen LogP contribution in [0.5, 0.6) is 0 Å². The largest absolute Gasteiger partial charge is 0.300 e. The van der Waals surface area contributed by atoms with E-state index in [4.69, 9.17) is 0 Å². The van der Waals surface area contributed by atoms with Crippen LogP contribution in [0.1, 0.15) is 23.8 Å². The van der Waals surface area contributed by atoms with Crippen LogP contribution in [0.15, 0.2) is 30.6 Å². The average Bonchev–Trinajstić information content (AvgIpc) is 2.27. The minimum absolute atomic E-state index is 0.110. The smallest absolute Gasteiger partial charge is 0.189 e. The van der Waals surface area contributed by atoms with Crippen LogP contribution >= 0.6 is 0 Å². The predicted molar refractivity (Wildman–Crippen MR) is 59.2 cm³/mol. The highest BCUT2D eigenvalue weighted by Crippen LogP contribution is 2.15. The number of benzene rings is 1. The second-order valence-electron chi connectivity index (χ2n) is 3.54. The molecule has 2 rings (SSSR count). The molecule has 80 valence electrons. The van der Waals surface area contributed by atoms with Gasteiger partial charge in [-0.2, -0.15) is 0 Å². The molecule has 0 atom stereocenters. The fourth-order valence-electron chi connectivity index (χ4n) is 1.54. The molecule has 0 saturated carbocycles. The van der Waals surface area contributed by atoms with Crippen molar-refractivity contribution in [3.05, 3.63) is 36.3 Å². The first-order valence-corrected chi connectivity index (χ1v) is 4.91. The number of carbonyl (C=O) groups is 2. The summed E-state index contributed by atoms with van der Waals surface area (Å²) in [4.78, 5) is 30.7. The van der Waals surface area contributed by atoms with Crippen molar-refractivity contribution in [3.8, 4) is 0 Å². The van der Waals surface area contributed by atoms with E-state index in [1.54, 1.807) is 6.07 Å². The van der Waals surface area contributed by atoms with E-state index in [0.717, 1.165) is 0 Å². The molecule has 0 spiro atoms. The number of hydrogen-bond donors (Lipinski definition) is 0. The van der Waals surface area contributed by atoms with Gasteiger partial charge in [0.25, 0.3) is 0 Å². The first-order chi connectivity index (χ1) is 7.68. The zero-order valence-electron chi connectivity index (χ0n) is 8.80. The molecule has 1 aromatic carbocycles. The lowest BCUT2D eigenvalue weighted by molar-refractivity contribution is -0.116. The van der Waals surface area contributed by atoms with Crippen LogP contribution in [0.3, 0.4) is 0 Å². The molecule has 4 heteroatoms. The molecule has 1 heterocycles. The molecule has 0 bridgehead atoms. The fourth-order valence-corrected chi connectivity index (χ4v) is 1.54. The lowest BCUT2D eigenvalue weighted by Gasteiger charge is -2.02. The molecule has 0 fully saturated rings. The molecule has 0 aliphatic carbocycles. The Kier molecular flexibility index (Phi) is 2.72. The van der Waals surface area contributed by atoms with Crippen LogP contribution in [0, 0.1) is 0 Å².